The lowest BCUT2D eigenvalue weighted by atomic mass is 9.83. The third-order valence-corrected chi connectivity index (χ3v) is 8.12. The Bertz CT molecular complexity index is 825. The maximum atomic E-state index is 13.6. The van der Waals surface area contributed by atoms with Crippen LogP contribution in [0.3, 0.4) is 0 Å². The average Bonchev–Trinajstić information content (AvgIpc) is 3.51. The van der Waals surface area contributed by atoms with Gasteiger partial charge in [0.25, 0.3) is 0 Å². The number of carbonyl (C=O) groups excluding carboxylic acids is 1. The third-order valence-electron chi connectivity index (χ3n) is 7.18. The second-order valence-electron chi connectivity index (χ2n) is 9.78. The predicted octanol–water partition coefficient (Wildman–Crippen LogP) is 8.16. The zero-order valence-electron chi connectivity index (χ0n) is 21.1. The van der Waals surface area contributed by atoms with Gasteiger partial charge in [-0.05, 0) is 25.3 Å². The summed E-state index contributed by atoms with van der Waals surface area (Å²) < 4.78 is 10.8. The van der Waals surface area contributed by atoms with E-state index in [1.165, 1.54) is 70.6 Å². The number of anilines is 1. The normalized spacial score (nSPS) is 15.6. The number of aromatic nitrogens is 1. The first kappa shape index (κ1) is 26.9. The zero-order valence-corrected chi connectivity index (χ0v) is 21.9. The van der Waals surface area contributed by atoms with Crippen molar-refractivity contribution >= 4 is 23.0 Å². The van der Waals surface area contributed by atoms with E-state index in [0.717, 1.165) is 41.8 Å². The minimum absolute atomic E-state index is 0.0905. The number of nitrogen functional groups attached to an aromatic ring is 1. The molecule has 190 valence electrons. The number of rotatable bonds is 17. The standard InChI is InChI=1S/C28H44N2O3S/c1-2-3-4-5-6-7-8-9-10-11-12-13-14-24(26(31)22-15-18-32-19-16-22)27-25(30-21-34-27)23-17-20-33-28(23)29/h17,20-22,24H,2-16,18-19,29H2,1H3. The number of unbranched alkanes of at least 4 members (excludes halogenated alkanes) is 11. The number of ether oxygens (including phenoxy) is 1. The van der Waals surface area contributed by atoms with Crippen LogP contribution in [0.25, 0.3) is 11.3 Å². The highest BCUT2D eigenvalue weighted by atomic mass is 32.1. The van der Waals surface area contributed by atoms with Gasteiger partial charge in [-0.25, -0.2) is 4.98 Å². The van der Waals surface area contributed by atoms with E-state index in [2.05, 4.69) is 11.9 Å². The molecule has 0 spiro atoms. The quantitative estimate of drug-likeness (QED) is 0.227. The van der Waals surface area contributed by atoms with Gasteiger partial charge in [0.2, 0.25) is 0 Å². The molecule has 0 aromatic carbocycles. The van der Waals surface area contributed by atoms with Gasteiger partial charge >= 0.3 is 0 Å². The van der Waals surface area contributed by atoms with Gasteiger partial charge in [0, 0.05) is 24.0 Å². The largest absolute Gasteiger partial charge is 0.449 e. The molecule has 2 N–H and O–H groups in total. The highest BCUT2D eigenvalue weighted by molar-refractivity contribution is 7.10. The van der Waals surface area contributed by atoms with Crippen molar-refractivity contribution in [2.75, 3.05) is 18.9 Å². The van der Waals surface area contributed by atoms with Crippen molar-refractivity contribution in [3.05, 3.63) is 22.7 Å². The second kappa shape index (κ2) is 15.4. The summed E-state index contributed by atoms with van der Waals surface area (Å²) in [7, 11) is 0. The monoisotopic (exact) mass is 488 g/mol. The number of nitrogens with two attached hydrogens (primary N) is 1. The van der Waals surface area contributed by atoms with Crippen molar-refractivity contribution in [3.8, 4) is 11.3 Å². The highest BCUT2D eigenvalue weighted by Gasteiger charge is 2.32. The number of furan rings is 1. The molecular weight excluding hydrogens is 444 g/mol. The van der Waals surface area contributed by atoms with Crippen LogP contribution >= 0.6 is 11.3 Å². The molecule has 3 heterocycles. The summed E-state index contributed by atoms with van der Waals surface area (Å²) in [5, 5.41) is 0. The lowest BCUT2D eigenvalue weighted by molar-refractivity contribution is -0.127. The fraction of sp³-hybridized carbons (Fsp3) is 0.714. The molecular formula is C28H44N2O3S. The molecule has 2 aromatic rings. The molecule has 1 saturated heterocycles. The molecule has 1 aliphatic heterocycles. The lowest BCUT2D eigenvalue weighted by Gasteiger charge is -2.25. The van der Waals surface area contributed by atoms with Gasteiger partial charge in [0.05, 0.1) is 28.9 Å². The summed E-state index contributed by atoms with van der Waals surface area (Å²) in [5.74, 6) is 0.712. The van der Waals surface area contributed by atoms with Crippen molar-refractivity contribution in [1.29, 1.82) is 0 Å². The Balaban J connectivity index is 1.48. The van der Waals surface area contributed by atoms with Crippen molar-refractivity contribution in [2.45, 2.75) is 109 Å². The first-order valence-corrected chi connectivity index (χ1v) is 14.5. The number of hydrogen-bond acceptors (Lipinski definition) is 6. The van der Waals surface area contributed by atoms with Crippen molar-refractivity contribution < 1.29 is 13.9 Å². The van der Waals surface area contributed by atoms with E-state index < -0.39 is 0 Å². The number of hydrogen-bond donors (Lipinski definition) is 1. The minimum atomic E-state index is -0.108. The predicted molar refractivity (Wildman–Crippen MR) is 141 cm³/mol. The summed E-state index contributed by atoms with van der Waals surface area (Å²) >= 11 is 1.58. The zero-order chi connectivity index (χ0) is 24.0. The molecule has 6 heteroatoms. The van der Waals surface area contributed by atoms with Crippen LogP contribution in [0.2, 0.25) is 0 Å². The van der Waals surface area contributed by atoms with Gasteiger partial charge in [-0.3, -0.25) is 4.79 Å². The number of nitrogens with zero attached hydrogens (tertiary/aromatic N) is 1. The Labute approximate surface area is 209 Å². The summed E-state index contributed by atoms with van der Waals surface area (Å²) in [6.45, 7) is 3.65. The van der Waals surface area contributed by atoms with Crippen LogP contribution < -0.4 is 5.73 Å². The fourth-order valence-electron chi connectivity index (χ4n) is 5.08. The van der Waals surface area contributed by atoms with E-state index in [1.807, 2.05) is 11.6 Å². The minimum Gasteiger partial charge on any atom is -0.449 e. The Morgan fingerprint density at radius 3 is 2.24 bits per heavy atom. The SMILES string of the molecule is CCCCCCCCCCCCCCC(C(=O)C1CCOCC1)c1scnc1-c1ccoc1N. The van der Waals surface area contributed by atoms with Crippen LogP contribution in [0.1, 0.15) is 114 Å². The summed E-state index contributed by atoms with van der Waals surface area (Å²) in [5.41, 5.74) is 9.49. The Hall–Kier alpha value is -1.66. The van der Waals surface area contributed by atoms with Crippen LogP contribution in [0, 0.1) is 5.92 Å². The average molecular weight is 489 g/mol. The molecule has 0 bridgehead atoms. The van der Waals surface area contributed by atoms with Gasteiger partial charge in [0.1, 0.15) is 5.78 Å². The van der Waals surface area contributed by atoms with Crippen LogP contribution in [-0.4, -0.2) is 24.0 Å². The van der Waals surface area contributed by atoms with E-state index in [9.17, 15) is 4.79 Å². The summed E-state index contributed by atoms with van der Waals surface area (Å²) in [6.07, 6.45) is 20.0. The van der Waals surface area contributed by atoms with Crippen LogP contribution in [-0.2, 0) is 9.53 Å². The Morgan fingerprint density at radius 1 is 1.03 bits per heavy atom. The van der Waals surface area contributed by atoms with Crippen LogP contribution in [0.5, 0.6) is 0 Å². The second-order valence-corrected chi connectivity index (χ2v) is 10.7. The van der Waals surface area contributed by atoms with E-state index in [1.54, 1.807) is 17.6 Å². The first-order chi connectivity index (χ1) is 16.7. The van der Waals surface area contributed by atoms with Crippen molar-refractivity contribution in [2.24, 2.45) is 5.92 Å². The van der Waals surface area contributed by atoms with Gasteiger partial charge in [-0.1, -0.05) is 84.0 Å². The number of thiazole rings is 1. The number of Topliss-reactive ketones (excluding diaryl/α,β-unsaturated/α-hetero) is 1. The molecule has 0 aliphatic carbocycles. The van der Waals surface area contributed by atoms with E-state index in [4.69, 9.17) is 14.9 Å². The van der Waals surface area contributed by atoms with E-state index >= 15 is 0 Å². The molecule has 1 fully saturated rings. The Morgan fingerprint density at radius 2 is 1.65 bits per heavy atom. The molecule has 1 unspecified atom stereocenters. The van der Waals surface area contributed by atoms with Gasteiger partial charge < -0.3 is 14.9 Å². The number of carbonyl (C=O) groups is 1. The third kappa shape index (κ3) is 8.23. The molecule has 0 amide bonds. The molecule has 1 aliphatic rings. The van der Waals surface area contributed by atoms with Crippen LogP contribution in [0.4, 0.5) is 5.88 Å². The molecule has 3 rings (SSSR count). The summed E-state index contributed by atoms with van der Waals surface area (Å²) in [6, 6.07) is 1.85. The first-order valence-electron chi connectivity index (χ1n) is 13.6. The maximum absolute atomic E-state index is 13.6. The van der Waals surface area contributed by atoms with Crippen molar-refractivity contribution in [3.63, 3.8) is 0 Å². The fourth-order valence-corrected chi connectivity index (χ4v) is 6.02. The van der Waals surface area contributed by atoms with Gasteiger partial charge in [-0.2, -0.15) is 0 Å². The van der Waals surface area contributed by atoms with Gasteiger partial charge in [-0.15, -0.1) is 11.3 Å². The van der Waals surface area contributed by atoms with Crippen LogP contribution in [0.15, 0.2) is 22.3 Å². The van der Waals surface area contributed by atoms with Crippen molar-refractivity contribution in [1.82, 2.24) is 4.98 Å². The molecule has 2 aromatic heterocycles. The van der Waals surface area contributed by atoms with E-state index in [0.29, 0.717) is 24.9 Å². The summed E-state index contributed by atoms with van der Waals surface area (Å²) in [4.78, 5) is 19.2. The smallest absolute Gasteiger partial charge is 0.199 e. The molecule has 1 atom stereocenters. The molecule has 0 radical (unpaired) electrons. The Kier molecular flexibility index (Phi) is 12.2. The maximum Gasteiger partial charge on any atom is 0.199 e. The topological polar surface area (TPSA) is 78.3 Å². The van der Waals surface area contributed by atoms with E-state index in [-0.39, 0.29) is 11.8 Å². The molecule has 5 nitrogen and oxygen atoms in total. The molecule has 0 saturated carbocycles. The van der Waals surface area contributed by atoms with Gasteiger partial charge in [0.15, 0.2) is 5.88 Å². The molecule has 34 heavy (non-hydrogen) atoms. The highest BCUT2D eigenvalue weighted by Crippen LogP contribution is 2.40. The number of ketones is 1. The lowest BCUT2D eigenvalue weighted by Crippen LogP contribution is -2.28.